The second-order valence-corrected chi connectivity index (χ2v) is 24.4. The van der Waals surface area contributed by atoms with Gasteiger partial charge in [-0.1, -0.05) is 65.7 Å². The second-order valence-electron chi connectivity index (χ2n) is 24.4. The molecular formula is C62H73N15O5. The number of nitrogens with one attached hydrogen (secondary N) is 3. The van der Waals surface area contributed by atoms with Crippen molar-refractivity contribution in [2.45, 2.75) is 143 Å². The summed E-state index contributed by atoms with van der Waals surface area (Å²) in [5.41, 5.74) is 9.71. The number of H-pyrrole nitrogens is 2. The number of carbonyl (C=O) groups is 2. The molecule has 3 aromatic carbocycles. The molecule has 1 atom stereocenters. The number of amides is 1. The zero-order valence-electron chi connectivity index (χ0n) is 47.8. The van der Waals surface area contributed by atoms with Crippen molar-refractivity contribution >= 4 is 55.8 Å². The Kier molecular flexibility index (Phi) is 15.2. The molecule has 3 aliphatic rings. The number of hydrogen-bond acceptors (Lipinski definition) is 13. The summed E-state index contributed by atoms with van der Waals surface area (Å²) in [4.78, 5) is 37.2. The van der Waals surface area contributed by atoms with Crippen LogP contribution >= 0.6 is 0 Å². The van der Waals surface area contributed by atoms with Crippen molar-refractivity contribution in [1.82, 2.24) is 74.7 Å². The van der Waals surface area contributed by atoms with Crippen LogP contribution in [0.4, 0.5) is 9.59 Å². The predicted octanol–water partition coefficient (Wildman–Crippen LogP) is 12.0. The zero-order valence-corrected chi connectivity index (χ0v) is 47.8. The van der Waals surface area contributed by atoms with Crippen LogP contribution in [-0.2, 0) is 40.4 Å². The van der Waals surface area contributed by atoms with Gasteiger partial charge in [-0.3, -0.25) is 10.1 Å². The Labute approximate surface area is 475 Å². The summed E-state index contributed by atoms with van der Waals surface area (Å²) in [6.07, 6.45) is 19.1. The van der Waals surface area contributed by atoms with Gasteiger partial charge in [-0.15, -0.1) is 10.2 Å². The molecule has 13 rings (SSSR count). The first-order valence-electron chi connectivity index (χ1n) is 29.0. The maximum Gasteiger partial charge on any atom is 0.419 e. The molecule has 0 radical (unpaired) electrons. The number of hydrogen-bond donors (Lipinski definition) is 3. The van der Waals surface area contributed by atoms with Gasteiger partial charge in [-0.05, 0) is 141 Å². The molecule has 1 aliphatic heterocycles. The minimum atomic E-state index is -0.711. The lowest BCUT2D eigenvalue weighted by atomic mass is 9.85. The number of pyridine rings is 1. The molecule has 0 spiro atoms. The SMILES string of the molecule is CC(C)(C)OC(=O)N(Cc1cc2ccc(Cn3cc(-c4cccc5cnn(C6CCCCO6)c45)nn3)cc2n1C(=O)OC(C)(C)C)CC1CCC1.c1cc(-c2cn(Cc3cc4[nH]c(CNCC5CCC5)cc4cn3)nn2)c2cn[nH]c2c1. The number of para-hydroxylation sites is 1. The number of fused-ring (bicyclic) bond motifs is 4. The van der Waals surface area contributed by atoms with Gasteiger partial charge in [0.05, 0.1) is 66.7 Å². The lowest BCUT2D eigenvalue weighted by molar-refractivity contribution is -0.0366. The first-order valence-corrected chi connectivity index (χ1v) is 29.0. The van der Waals surface area contributed by atoms with Gasteiger partial charge >= 0.3 is 12.2 Å². The molecule has 1 saturated heterocycles. The Morgan fingerprint density at radius 2 is 1.50 bits per heavy atom. The van der Waals surface area contributed by atoms with E-state index in [0.29, 0.717) is 36.8 Å². The summed E-state index contributed by atoms with van der Waals surface area (Å²) in [5.74, 6) is 1.29. The third-order valence-electron chi connectivity index (χ3n) is 15.6. The molecule has 426 valence electrons. The number of rotatable bonds is 15. The van der Waals surface area contributed by atoms with Gasteiger partial charge in [0.25, 0.3) is 0 Å². The Balaban J connectivity index is 0.000000182. The molecule has 0 bridgehead atoms. The fourth-order valence-electron chi connectivity index (χ4n) is 11.2. The standard InChI is InChI=1S/C39H49N7O5.C23H24N8/c1-38(2,3)50-36(47)43(22-26-11-9-12-26)24-30-20-28-17-16-27(19-33(28)45(30)37(48)51-39(4,5)6)23-44-25-32(41-42-44)31-14-10-13-29-21-40-46(35(29)31)34-15-7-8-18-49-34;1-3-15(4-1)9-24-11-17-7-16-10-25-18(8-22(16)27-17)13-31-14-23(29-30-31)19-5-2-6-21-20(19)12-26-28-21/h10,13-14,16-17,19-21,25-26,34H,7-9,11-12,15,18,22-24H2,1-6H3;2,5-8,10,12,14-15,24,27H,1,3-4,9,11,13H2,(H,26,28). The monoisotopic (exact) mass is 1110 g/mol. The summed E-state index contributed by atoms with van der Waals surface area (Å²) in [6.45, 7) is 15.7. The van der Waals surface area contributed by atoms with E-state index in [9.17, 15) is 9.59 Å². The summed E-state index contributed by atoms with van der Waals surface area (Å²) in [5, 5.41) is 37.2. The molecular weight excluding hydrogens is 1030 g/mol. The van der Waals surface area contributed by atoms with Gasteiger partial charge < -0.3 is 29.4 Å². The lowest BCUT2D eigenvalue weighted by Crippen LogP contribution is -2.41. The van der Waals surface area contributed by atoms with E-state index >= 15 is 0 Å². The molecule has 2 saturated carbocycles. The first-order chi connectivity index (χ1) is 39.6. The molecule has 20 nitrogen and oxygen atoms in total. The highest BCUT2D eigenvalue weighted by molar-refractivity contribution is 5.94. The number of benzene rings is 3. The highest BCUT2D eigenvalue weighted by Crippen LogP contribution is 2.34. The van der Waals surface area contributed by atoms with Crippen LogP contribution in [-0.4, -0.2) is 112 Å². The van der Waals surface area contributed by atoms with Crippen molar-refractivity contribution in [2.24, 2.45) is 11.8 Å². The largest absolute Gasteiger partial charge is 0.444 e. The Morgan fingerprint density at radius 3 is 2.24 bits per heavy atom. The summed E-state index contributed by atoms with van der Waals surface area (Å²) < 4.78 is 25.0. The molecule has 1 amide bonds. The van der Waals surface area contributed by atoms with Crippen LogP contribution in [0.5, 0.6) is 0 Å². The van der Waals surface area contributed by atoms with E-state index in [2.05, 4.69) is 69.4 Å². The molecule has 3 fully saturated rings. The summed E-state index contributed by atoms with van der Waals surface area (Å²) in [7, 11) is 0. The van der Waals surface area contributed by atoms with E-state index in [0.717, 1.165) is 136 Å². The topological polar surface area (TPSA) is 219 Å². The third-order valence-corrected chi connectivity index (χ3v) is 15.6. The number of carbonyl (C=O) groups excluding carboxylic acids is 2. The van der Waals surface area contributed by atoms with Crippen molar-refractivity contribution in [1.29, 1.82) is 0 Å². The van der Waals surface area contributed by atoms with Crippen molar-refractivity contribution in [3.05, 3.63) is 126 Å². The average Bonchev–Trinajstić information content (AvgIpc) is 4.50. The van der Waals surface area contributed by atoms with Gasteiger partial charge in [0, 0.05) is 75.5 Å². The van der Waals surface area contributed by atoms with Crippen LogP contribution < -0.4 is 5.32 Å². The zero-order chi connectivity index (χ0) is 56.5. The first kappa shape index (κ1) is 54.4. The van der Waals surface area contributed by atoms with Crippen molar-refractivity contribution in [3.63, 3.8) is 0 Å². The lowest BCUT2D eigenvalue weighted by Gasteiger charge is -2.33. The van der Waals surface area contributed by atoms with Crippen LogP contribution in [0, 0.1) is 11.8 Å². The van der Waals surface area contributed by atoms with E-state index in [4.69, 9.17) is 14.2 Å². The minimum absolute atomic E-state index is 0.0975. The highest BCUT2D eigenvalue weighted by atomic mass is 16.6. The van der Waals surface area contributed by atoms with Crippen molar-refractivity contribution in [2.75, 3.05) is 19.7 Å². The van der Waals surface area contributed by atoms with E-state index in [1.165, 1.54) is 25.0 Å². The maximum atomic E-state index is 13.8. The average molecular weight is 1110 g/mol. The van der Waals surface area contributed by atoms with Gasteiger partial charge in [0.2, 0.25) is 0 Å². The molecule has 2 aliphatic carbocycles. The maximum absolute atomic E-state index is 13.8. The van der Waals surface area contributed by atoms with Crippen LogP contribution in [0.25, 0.3) is 66.1 Å². The fourth-order valence-corrected chi connectivity index (χ4v) is 11.2. The van der Waals surface area contributed by atoms with Crippen LogP contribution in [0.1, 0.15) is 128 Å². The molecule has 82 heavy (non-hydrogen) atoms. The Bertz CT molecular complexity index is 3870. The predicted molar refractivity (Wildman–Crippen MR) is 314 cm³/mol. The number of ether oxygens (including phenoxy) is 3. The third kappa shape index (κ3) is 12.3. The van der Waals surface area contributed by atoms with Crippen LogP contribution in [0.2, 0.25) is 0 Å². The molecule has 8 heterocycles. The number of aromatic amines is 2. The number of nitrogens with zero attached hydrogens (tertiary/aromatic N) is 12. The van der Waals surface area contributed by atoms with Gasteiger partial charge in [-0.25, -0.2) is 28.2 Å². The van der Waals surface area contributed by atoms with Gasteiger partial charge in [-0.2, -0.15) is 10.2 Å². The smallest absolute Gasteiger partial charge is 0.419 e. The summed E-state index contributed by atoms with van der Waals surface area (Å²) in [6, 6.07) is 24.4. The highest BCUT2D eigenvalue weighted by Gasteiger charge is 2.31. The van der Waals surface area contributed by atoms with Crippen molar-refractivity contribution < 1.29 is 23.8 Å². The molecule has 7 aromatic heterocycles. The molecule has 20 heteroatoms. The normalized spacial score (nSPS) is 16.1. The summed E-state index contributed by atoms with van der Waals surface area (Å²) >= 11 is 0. The Morgan fingerprint density at radius 1 is 0.744 bits per heavy atom. The van der Waals surface area contributed by atoms with E-state index in [1.807, 2.05) is 136 Å². The second kappa shape index (κ2) is 23.0. The molecule has 1 unspecified atom stereocenters. The van der Waals surface area contributed by atoms with Gasteiger partial charge in [0.1, 0.15) is 22.6 Å². The quantitative estimate of drug-likeness (QED) is 0.0871. The molecule has 10 aromatic rings. The Hall–Kier alpha value is -8.23. The van der Waals surface area contributed by atoms with E-state index in [1.54, 1.807) is 14.1 Å². The van der Waals surface area contributed by atoms with Crippen molar-refractivity contribution in [3.8, 4) is 22.5 Å². The molecule has 3 N–H and O–H groups in total. The van der Waals surface area contributed by atoms with E-state index < -0.39 is 17.3 Å². The van der Waals surface area contributed by atoms with Gasteiger partial charge in [0.15, 0.2) is 6.23 Å². The van der Waals surface area contributed by atoms with Crippen LogP contribution in [0.3, 0.4) is 0 Å². The number of aromatic nitrogens is 13. The van der Waals surface area contributed by atoms with E-state index in [-0.39, 0.29) is 18.9 Å². The minimum Gasteiger partial charge on any atom is -0.444 e. The fraction of sp³-hybridized carbons (Fsp3) is 0.435. The van der Waals surface area contributed by atoms with Crippen LogP contribution in [0.15, 0.2) is 104 Å².